The number of piperidine rings is 1. The fourth-order valence-electron chi connectivity index (χ4n) is 3.49. The van der Waals surface area contributed by atoms with E-state index in [4.69, 9.17) is 0 Å². The van der Waals surface area contributed by atoms with Gasteiger partial charge in [0.15, 0.2) is 0 Å². The van der Waals surface area contributed by atoms with Crippen molar-refractivity contribution in [3.63, 3.8) is 0 Å². The quantitative estimate of drug-likeness (QED) is 0.854. The lowest BCUT2D eigenvalue weighted by atomic mass is 9.83. The van der Waals surface area contributed by atoms with Gasteiger partial charge < -0.3 is 9.88 Å². The lowest BCUT2D eigenvalue weighted by molar-refractivity contribution is 0.257. The van der Waals surface area contributed by atoms with Crippen molar-refractivity contribution in [2.24, 2.45) is 5.92 Å². The summed E-state index contributed by atoms with van der Waals surface area (Å²) in [7, 11) is 0. The maximum absolute atomic E-state index is 12.4. The highest BCUT2D eigenvalue weighted by Gasteiger charge is 2.31. The maximum atomic E-state index is 12.4. The molecule has 4 nitrogen and oxygen atoms in total. The lowest BCUT2D eigenvalue weighted by Crippen LogP contribution is -2.44. The van der Waals surface area contributed by atoms with Gasteiger partial charge in [0.1, 0.15) is 0 Å². The molecule has 1 N–H and O–H groups in total. The van der Waals surface area contributed by atoms with Gasteiger partial charge in [0.05, 0.1) is 5.69 Å². The van der Waals surface area contributed by atoms with Crippen LogP contribution in [0.1, 0.15) is 18.0 Å². The van der Waals surface area contributed by atoms with Crippen molar-refractivity contribution in [2.45, 2.75) is 18.9 Å². The van der Waals surface area contributed by atoms with Crippen LogP contribution in [0, 0.1) is 5.92 Å². The predicted octanol–water partition coefficient (Wildman–Crippen LogP) is 1.62. The average Bonchev–Trinajstić information content (AvgIpc) is 2.49. The van der Waals surface area contributed by atoms with E-state index in [1.54, 1.807) is 12.3 Å². The fourth-order valence-corrected chi connectivity index (χ4v) is 3.49. The Morgan fingerprint density at radius 3 is 3.05 bits per heavy atom. The van der Waals surface area contributed by atoms with Gasteiger partial charge >= 0.3 is 0 Å². The molecule has 0 aromatic carbocycles. The average molecular weight is 267 g/mol. The predicted molar refractivity (Wildman–Crippen MR) is 77.7 cm³/mol. The third kappa shape index (κ3) is 1.88. The Bertz CT molecular complexity index is 693. The zero-order valence-corrected chi connectivity index (χ0v) is 11.2. The molecule has 2 bridgehead atoms. The van der Waals surface area contributed by atoms with Gasteiger partial charge in [-0.05, 0) is 37.1 Å². The van der Waals surface area contributed by atoms with E-state index in [9.17, 15) is 4.79 Å². The number of aromatic nitrogens is 2. The van der Waals surface area contributed by atoms with E-state index in [0.29, 0.717) is 11.8 Å². The van der Waals surface area contributed by atoms with E-state index in [2.05, 4.69) is 16.4 Å². The van der Waals surface area contributed by atoms with Crippen LogP contribution in [0.15, 0.2) is 41.3 Å². The van der Waals surface area contributed by atoms with Crippen LogP contribution in [-0.4, -0.2) is 22.6 Å². The molecule has 20 heavy (non-hydrogen) atoms. The number of nitrogens with one attached hydrogen (secondary N) is 1. The van der Waals surface area contributed by atoms with E-state index in [1.165, 1.54) is 12.1 Å². The Hall–Kier alpha value is -1.94. The summed E-state index contributed by atoms with van der Waals surface area (Å²) in [5, 5.41) is 3.48. The van der Waals surface area contributed by atoms with Crippen molar-refractivity contribution in [2.75, 3.05) is 13.1 Å². The number of fused-ring (bicyclic) bond motifs is 4. The van der Waals surface area contributed by atoms with Crippen molar-refractivity contribution in [3.8, 4) is 11.3 Å². The van der Waals surface area contributed by atoms with Gasteiger partial charge in [-0.3, -0.25) is 9.78 Å². The molecule has 0 spiro atoms. The van der Waals surface area contributed by atoms with Crippen LogP contribution in [0.2, 0.25) is 0 Å². The van der Waals surface area contributed by atoms with Gasteiger partial charge in [0.25, 0.3) is 5.56 Å². The topological polar surface area (TPSA) is 46.9 Å². The second kappa shape index (κ2) is 4.56. The summed E-state index contributed by atoms with van der Waals surface area (Å²) in [5.74, 6) is 1.05. The molecule has 2 aromatic rings. The molecule has 4 heteroatoms. The lowest BCUT2D eigenvalue weighted by Gasteiger charge is -2.37. The largest absolute Gasteiger partial charge is 0.316 e. The Morgan fingerprint density at radius 2 is 2.20 bits per heavy atom. The van der Waals surface area contributed by atoms with E-state index in [-0.39, 0.29) is 5.56 Å². The number of hydrogen-bond acceptors (Lipinski definition) is 3. The molecule has 0 unspecified atom stereocenters. The Labute approximate surface area is 117 Å². The second-order valence-corrected chi connectivity index (χ2v) is 5.79. The Morgan fingerprint density at radius 1 is 1.25 bits per heavy atom. The Kier molecular flexibility index (Phi) is 2.70. The summed E-state index contributed by atoms with van der Waals surface area (Å²) in [6.07, 6.45) is 2.96. The van der Waals surface area contributed by atoms with Crippen molar-refractivity contribution >= 4 is 0 Å². The van der Waals surface area contributed by atoms with E-state index < -0.39 is 0 Å². The van der Waals surface area contributed by atoms with Crippen LogP contribution in [0.5, 0.6) is 0 Å². The molecule has 2 aliphatic heterocycles. The third-order valence-electron chi connectivity index (χ3n) is 4.42. The minimum absolute atomic E-state index is 0.111. The molecule has 0 amide bonds. The molecule has 2 atom stereocenters. The molecule has 4 rings (SSSR count). The first-order valence-electron chi connectivity index (χ1n) is 7.18. The van der Waals surface area contributed by atoms with E-state index in [0.717, 1.165) is 30.9 Å². The summed E-state index contributed by atoms with van der Waals surface area (Å²) < 4.78 is 1.96. The van der Waals surface area contributed by atoms with Crippen LogP contribution in [0.25, 0.3) is 11.3 Å². The summed E-state index contributed by atoms with van der Waals surface area (Å²) in [6.45, 7) is 2.85. The molecule has 2 aromatic heterocycles. The fraction of sp³-hybridized carbons (Fsp3) is 0.375. The van der Waals surface area contributed by atoms with Crippen LogP contribution in [0.3, 0.4) is 0 Å². The SMILES string of the molecule is O=c1cc(-c2ccccn2)cc2n1C[C@@H]1CNC[C@H]2C1. The van der Waals surface area contributed by atoms with Gasteiger partial charge in [0.2, 0.25) is 0 Å². The molecule has 2 aliphatic rings. The van der Waals surface area contributed by atoms with Gasteiger partial charge in [-0.1, -0.05) is 6.07 Å². The highest BCUT2D eigenvalue weighted by Crippen LogP contribution is 2.33. The normalized spacial score (nSPS) is 24.2. The summed E-state index contributed by atoms with van der Waals surface area (Å²) >= 11 is 0. The Balaban J connectivity index is 1.86. The first-order valence-corrected chi connectivity index (χ1v) is 7.18. The third-order valence-corrected chi connectivity index (χ3v) is 4.42. The van der Waals surface area contributed by atoms with Crippen LogP contribution in [0.4, 0.5) is 0 Å². The van der Waals surface area contributed by atoms with E-state index >= 15 is 0 Å². The van der Waals surface area contributed by atoms with Crippen LogP contribution in [-0.2, 0) is 6.54 Å². The van der Waals surface area contributed by atoms with Gasteiger partial charge in [-0.25, -0.2) is 0 Å². The number of rotatable bonds is 1. The highest BCUT2D eigenvalue weighted by atomic mass is 16.1. The molecule has 4 heterocycles. The zero-order valence-electron chi connectivity index (χ0n) is 11.2. The zero-order chi connectivity index (χ0) is 13.5. The van der Waals surface area contributed by atoms with Gasteiger partial charge in [0, 0.05) is 42.5 Å². The first-order chi connectivity index (χ1) is 9.81. The van der Waals surface area contributed by atoms with E-state index in [1.807, 2.05) is 22.8 Å². The van der Waals surface area contributed by atoms with Crippen LogP contribution >= 0.6 is 0 Å². The minimum Gasteiger partial charge on any atom is -0.316 e. The minimum atomic E-state index is 0.111. The van der Waals surface area contributed by atoms with Crippen molar-refractivity contribution in [1.82, 2.24) is 14.9 Å². The molecule has 0 aliphatic carbocycles. The maximum Gasteiger partial charge on any atom is 0.251 e. The van der Waals surface area contributed by atoms with Crippen molar-refractivity contribution in [1.29, 1.82) is 0 Å². The highest BCUT2D eigenvalue weighted by molar-refractivity contribution is 5.59. The molecule has 1 fully saturated rings. The standard InChI is InChI=1S/C16H17N3O/c20-16-7-12(14-3-1-2-4-18-14)6-15-13-5-11(8-17-9-13)10-19(15)16/h1-4,6-7,11,13,17H,5,8-10H2/t11-,13+/m0/s1. The molecule has 0 radical (unpaired) electrons. The van der Waals surface area contributed by atoms with Crippen molar-refractivity contribution in [3.05, 3.63) is 52.6 Å². The summed E-state index contributed by atoms with van der Waals surface area (Å²) in [4.78, 5) is 16.8. The number of pyridine rings is 2. The molecule has 102 valence electrons. The number of hydrogen-bond donors (Lipinski definition) is 1. The van der Waals surface area contributed by atoms with Gasteiger partial charge in [-0.2, -0.15) is 0 Å². The summed E-state index contributed by atoms with van der Waals surface area (Å²) in [6, 6.07) is 9.68. The molecule has 0 saturated carbocycles. The molecular weight excluding hydrogens is 250 g/mol. The van der Waals surface area contributed by atoms with Crippen LogP contribution < -0.4 is 10.9 Å². The smallest absolute Gasteiger partial charge is 0.251 e. The second-order valence-electron chi connectivity index (χ2n) is 5.79. The van der Waals surface area contributed by atoms with Crippen molar-refractivity contribution < 1.29 is 0 Å². The van der Waals surface area contributed by atoms with Gasteiger partial charge in [-0.15, -0.1) is 0 Å². The number of nitrogens with zero attached hydrogens (tertiary/aromatic N) is 2. The monoisotopic (exact) mass is 267 g/mol. The summed E-state index contributed by atoms with van der Waals surface area (Å²) in [5.41, 5.74) is 3.09. The molecule has 1 saturated heterocycles. The molecular formula is C16H17N3O. The first kappa shape index (κ1) is 11.9.